The van der Waals surface area contributed by atoms with Gasteiger partial charge in [0.2, 0.25) is 5.91 Å². The van der Waals surface area contributed by atoms with Gasteiger partial charge in [-0.3, -0.25) is 4.79 Å². The quantitative estimate of drug-likeness (QED) is 0.619. The van der Waals surface area contributed by atoms with Crippen molar-refractivity contribution in [2.45, 2.75) is 45.4 Å². The number of rotatable bonds is 6. The van der Waals surface area contributed by atoms with E-state index >= 15 is 0 Å². The number of amides is 1. The molecule has 1 aromatic rings. The Kier molecular flexibility index (Phi) is 4.24. The van der Waals surface area contributed by atoms with Gasteiger partial charge in [0, 0.05) is 17.9 Å². The van der Waals surface area contributed by atoms with Crippen molar-refractivity contribution in [2.75, 3.05) is 17.2 Å². The minimum atomic E-state index is 0.214. The van der Waals surface area contributed by atoms with Crippen LogP contribution in [0.1, 0.15) is 44.6 Å². The summed E-state index contributed by atoms with van der Waals surface area (Å²) in [6, 6.07) is 5.77. The summed E-state index contributed by atoms with van der Waals surface area (Å²) < 4.78 is 0. The molecule has 0 saturated carbocycles. The Balaban J connectivity index is 1.92. The molecule has 3 heteroatoms. The largest absolute Gasteiger partial charge is 0.399 e. The van der Waals surface area contributed by atoms with Gasteiger partial charge < -0.3 is 10.6 Å². The maximum Gasteiger partial charge on any atom is 0.231 e. The van der Waals surface area contributed by atoms with Crippen LogP contribution in [0.15, 0.2) is 18.2 Å². The molecule has 3 nitrogen and oxygen atoms in total. The van der Waals surface area contributed by atoms with Gasteiger partial charge in [-0.05, 0) is 30.2 Å². The topological polar surface area (TPSA) is 46.3 Å². The first-order valence-corrected chi connectivity index (χ1v) is 6.91. The van der Waals surface area contributed by atoms with E-state index in [9.17, 15) is 4.79 Å². The fourth-order valence-electron chi connectivity index (χ4n) is 2.52. The smallest absolute Gasteiger partial charge is 0.231 e. The number of nitrogen functional groups attached to an aromatic ring is 1. The molecular formula is C15H22N2O. The van der Waals surface area contributed by atoms with Crippen molar-refractivity contribution < 1.29 is 4.79 Å². The van der Waals surface area contributed by atoms with Crippen molar-refractivity contribution >= 4 is 17.3 Å². The van der Waals surface area contributed by atoms with E-state index in [4.69, 9.17) is 5.73 Å². The van der Waals surface area contributed by atoms with Crippen LogP contribution in [0.5, 0.6) is 0 Å². The summed E-state index contributed by atoms with van der Waals surface area (Å²) in [4.78, 5) is 13.9. The first kappa shape index (κ1) is 12.9. The van der Waals surface area contributed by atoms with Gasteiger partial charge in [-0.1, -0.05) is 32.6 Å². The molecule has 0 unspecified atom stereocenters. The van der Waals surface area contributed by atoms with Crippen molar-refractivity contribution in [3.8, 4) is 0 Å². The van der Waals surface area contributed by atoms with Crippen LogP contribution in [0.2, 0.25) is 0 Å². The fraction of sp³-hybridized carbons (Fsp3) is 0.533. The first-order chi connectivity index (χ1) is 8.72. The van der Waals surface area contributed by atoms with Crippen LogP contribution in [0.3, 0.4) is 0 Å². The van der Waals surface area contributed by atoms with Crippen LogP contribution in [0.4, 0.5) is 11.4 Å². The molecule has 1 amide bonds. The summed E-state index contributed by atoms with van der Waals surface area (Å²) in [7, 11) is 0. The second-order valence-corrected chi connectivity index (χ2v) is 5.02. The molecule has 98 valence electrons. The van der Waals surface area contributed by atoms with Crippen LogP contribution < -0.4 is 10.6 Å². The highest BCUT2D eigenvalue weighted by Gasteiger charge is 2.26. The van der Waals surface area contributed by atoms with Crippen molar-refractivity contribution in [1.29, 1.82) is 0 Å². The number of fused-ring (bicyclic) bond motifs is 1. The molecule has 2 N–H and O–H groups in total. The Bertz CT molecular complexity index is 429. The van der Waals surface area contributed by atoms with Gasteiger partial charge in [0.15, 0.2) is 0 Å². The van der Waals surface area contributed by atoms with Gasteiger partial charge in [-0.25, -0.2) is 0 Å². The molecule has 0 bridgehead atoms. The second-order valence-electron chi connectivity index (χ2n) is 5.02. The summed E-state index contributed by atoms with van der Waals surface area (Å²) in [6.45, 7) is 3.06. The SMILES string of the molecule is CCCCCCCN1C(=O)Cc2cc(N)ccc21. The summed E-state index contributed by atoms with van der Waals surface area (Å²) in [5.74, 6) is 0.214. The molecule has 0 saturated heterocycles. The lowest BCUT2D eigenvalue weighted by Crippen LogP contribution is -2.27. The Hall–Kier alpha value is -1.51. The third-order valence-electron chi connectivity index (χ3n) is 3.52. The normalized spacial score (nSPS) is 14.1. The van der Waals surface area contributed by atoms with Gasteiger partial charge in [0.1, 0.15) is 0 Å². The lowest BCUT2D eigenvalue weighted by atomic mass is 10.1. The van der Waals surface area contributed by atoms with Crippen LogP contribution in [0.25, 0.3) is 0 Å². The molecule has 1 heterocycles. The molecule has 0 spiro atoms. The van der Waals surface area contributed by atoms with Gasteiger partial charge in [0.25, 0.3) is 0 Å². The maximum absolute atomic E-state index is 11.9. The number of anilines is 2. The summed E-state index contributed by atoms with van der Waals surface area (Å²) in [6.07, 6.45) is 6.63. The highest BCUT2D eigenvalue weighted by Crippen LogP contribution is 2.30. The molecule has 0 fully saturated rings. The Labute approximate surface area is 109 Å². The van der Waals surface area contributed by atoms with Crippen molar-refractivity contribution in [3.05, 3.63) is 23.8 Å². The number of unbranched alkanes of at least 4 members (excludes halogenated alkanes) is 4. The van der Waals surface area contributed by atoms with E-state index in [1.807, 2.05) is 23.1 Å². The van der Waals surface area contributed by atoms with E-state index in [1.54, 1.807) is 0 Å². The van der Waals surface area contributed by atoms with Gasteiger partial charge in [-0.15, -0.1) is 0 Å². The Morgan fingerprint density at radius 2 is 2.00 bits per heavy atom. The third kappa shape index (κ3) is 2.84. The molecule has 0 radical (unpaired) electrons. The monoisotopic (exact) mass is 246 g/mol. The van der Waals surface area contributed by atoms with E-state index in [0.717, 1.165) is 29.9 Å². The average molecular weight is 246 g/mol. The van der Waals surface area contributed by atoms with Crippen LogP contribution >= 0.6 is 0 Å². The molecule has 18 heavy (non-hydrogen) atoms. The van der Waals surface area contributed by atoms with E-state index in [1.165, 1.54) is 25.7 Å². The molecule has 0 aliphatic carbocycles. The van der Waals surface area contributed by atoms with Gasteiger partial charge >= 0.3 is 0 Å². The lowest BCUT2D eigenvalue weighted by Gasteiger charge is -2.17. The third-order valence-corrected chi connectivity index (χ3v) is 3.52. The molecule has 0 aromatic heterocycles. The molecular weight excluding hydrogens is 224 g/mol. The zero-order valence-electron chi connectivity index (χ0n) is 11.1. The predicted octanol–water partition coefficient (Wildman–Crippen LogP) is 3.13. The molecule has 0 atom stereocenters. The van der Waals surface area contributed by atoms with Crippen LogP contribution in [-0.2, 0) is 11.2 Å². The lowest BCUT2D eigenvalue weighted by molar-refractivity contribution is -0.117. The van der Waals surface area contributed by atoms with E-state index < -0.39 is 0 Å². The number of carbonyl (C=O) groups is 1. The van der Waals surface area contributed by atoms with E-state index in [-0.39, 0.29) is 5.91 Å². The number of carbonyl (C=O) groups excluding carboxylic acids is 1. The minimum absolute atomic E-state index is 0.214. The van der Waals surface area contributed by atoms with Crippen molar-refractivity contribution in [2.24, 2.45) is 0 Å². The summed E-state index contributed by atoms with van der Waals surface area (Å²) in [5, 5.41) is 0. The van der Waals surface area contributed by atoms with E-state index in [2.05, 4.69) is 6.92 Å². The van der Waals surface area contributed by atoms with Crippen molar-refractivity contribution in [1.82, 2.24) is 0 Å². The summed E-state index contributed by atoms with van der Waals surface area (Å²) >= 11 is 0. The zero-order valence-corrected chi connectivity index (χ0v) is 11.1. The molecule has 2 rings (SSSR count). The van der Waals surface area contributed by atoms with Crippen LogP contribution in [-0.4, -0.2) is 12.5 Å². The predicted molar refractivity (Wildman–Crippen MR) is 75.7 cm³/mol. The second kappa shape index (κ2) is 5.89. The number of hydrogen-bond donors (Lipinski definition) is 1. The summed E-state index contributed by atoms with van der Waals surface area (Å²) in [5.41, 5.74) is 8.63. The molecule has 1 aliphatic heterocycles. The Morgan fingerprint density at radius 3 is 2.78 bits per heavy atom. The number of hydrogen-bond acceptors (Lipinski definition) is 2. The number of nitrogens with zero attached hydrogens (tertiary/aromatic N) is 1. The highest BCUT2D eigenvalue weighted by atomic mass is 16.2. The zero-order chi connectivity index (χ0) is 13.0. The molecule has 1 aromatic carbocycles. The average Bonchev–Trinajstić information content (AvgIpc) is 2.64. The minimum Gasteiger partial charge on any atom is -0.399 e. The number of nitrogens with two attached hydrogens (primary N) is 1. The maximum atomic E-state index is 11.9. The van der Waals surface area contributed by atoms with Crippen molar-refractivity contribution in [3.63, 3.8) is 0 Å². The Morgan fingerprint density at radius 1 is 1.22 bits per heavy atom. The van der Waals surface area contributed by atoms with Gasteiger partial charge in [0.05, 0.1) is 6.42 Å². The van der Waals surface area contributed by atoms with Gasteiger partial charge in [-0.2, -0.15) is 0 Å². The van der Waals surface area contributed by atoms with E-state index in [0.29, 0.717) is 6.42 Å². The van der Waals surface area contributed by atoms with Crippen LogP contribution in [0, 0.1) is 0 Å². The first-order valence-electron chi connectivity index (χ1n) is 6.91. The fourth-order valence-corrected chi connectivity index (χ4v) is 2.52. The standard InChI is InChI=1S/C15H22N2O/c1-2-3-4-5-6-9-17-14-8-7-13(16)10-12(14)11-15(17)18/h7-8,10H,2-6,9,11,16H2,1H3. The number of benzene rings is 1. The highest BCUT2D eigenvalue weighted by molar-refractivity contribution is 6.01. The molecule has 1 aliphatic rings.